The minimum Gasteiger partial charge on any atom is -0.330 e. The van der Waals surface area contributed by atoms with Gasteiger partial charge in [0.25, 0.3) is 0 Å². The minimum atomic E-state index is 0.189. The van der Waals surface area contributed by atoms with Crippen LogP contribution >= 0.6 is 11.3 Å². The number of hydrogen-bond acceptors (Lipinski definition) is 4. The fourth-order valence-electron chi connectivity index (χ4n) is 1.60. The van der Waals surface area contributed by atoms with E-state index in [9.17, 15) is 0 Å². The fourth-order valence-corrected chi connectivity index (χ4v) is 2.47. The number of aromatic nitrogens is 1. The third-order valence-corrected chi connectivity index (χ3v) is 3.24. The summed E-state index contributed by atoms with van der Waals surface area (Å²) in [7, 11) is 2.13. The zero-order chi connectivity index (χ0) is 11.5. The minimum absolute atomic E-state index is 0.189. The van der Waals surface area contributed by atoms with Crippen LogP contribution < -0.4 is 5.73 Å². The number of nitrogens with two attached hydrogens (primary N) is 1. The van der Waals surface area contributed by atoms with Crippen molar-refractivity contribution < 1.29 is 0 Å². The molecule has 1 aromatic heterocycles. The molecule has 3 nitrogen and oxygen atoms in total. The average molecular weight is 227 g/mol. The van der Waals surface area contributed by atoms with E-state index in [-0.39, 0.29) is 5.41 Å². The van der Waals surface area contributed by atoms with Crippen molar-refractivity contribution in [2.24, 2.45) is 11.1 Å². The Bertz CT molecular complexity index is 307. The summed E-state index contributed by atoms with van der Waals surface area (Å²) in [4.78, 5) is 7.88. The highest BCUT2D eigenvalue weighted by Crippen LogP contribution is 2.18. The molecular formula is C11H21N3S. The Morgan fingerprint density at radius 2 is 2.20 bits per heavy atom. The van der Waals surface area contributed by atoms with E-state index in [0.717, 1.165) is 24.6 Å². The Hall–Kier alpha value is -0.450. The van der Waals surface area contributed by atoms with Gasteiger partial charge in [-0.1, -0.05) is 13.8 Å². The van der Waals surface area contributed by atoms with Crippen LogP contribution in [0.15, 0.2) is 6.20 Å². The normalized spacial score (nSPS) is 12.4. The van der Waals surface area contributed by atoms with Crippen molar-refractivity contribution in [2.75, 3.05) is 20.1 Å². The Morgan fingerprint density at radius 3 is 2.67 bits per heavy atom. The van der Waals surface area contributed by atoms with Crippen LogP contribution in [0.4, 0.5) is 0 Å². The van der Waals surface area contributed by atoms with Gasteiger partial charge in [0.15, 0.2) is 0 Å². The van der Waals surface area contributed by atoms with Gasteiger partial charge >= 0.3 is 0 Å². The van der Waals surface area contributed by atoms with E-state index in [1.807, 2.05) is 13.1 Å². The number of rotatable bonds is 5. The standard InChI is InChI=1S/C11H21N3S/c1-9-13-5-10(15-9)6-14(4)8-11(2,3)7-12/h5H,6-8,12H2,1-4H3. The van der Waals surface area contributed by atoms with E-state index in [2.05, 4.69) is 30.8 Å². The van der Waals surface area contributed by atoms with Crippen LogP contribution in [0.5, 0.6) is 0 Å². The Kier molecular flexibility index (Phi) is 4.25. The van der Waals surface area contributed by atoms with E-state index in [1.165, 1.54) is 4.88 Å². The lowest BCUT2D eigenvalue weighted by Crippen LogP contribution is -2.36. The predicted octanol–water partition coefficient (Wildman–Crippen LogP) is 1.87. The number of thiazole rings is 1. The van der Waals surface area contributed by atoms with E-state index in [1.54, 1.807) is 11.3 Å². The van der Waals surface area contributed by atoms with Gasteiger partial charge in [-0.15, -0.1) is 11.3 Å². The average Bonchev–Trinajstić information content (AvgIpc) is 2.50. The van der Waals surface area contributed by atoms with Crippen molar-refractivity contribution in [3.63, 3.8) is 0 Å². The highest BCUT2D eigenvalue weighted by molar-refractivity contribution is 7.11. The van der Waals surface area contributed by atoms with Crippen molar-refractivity contribution in [1.82, 2.24) is 9.88 Å². The monoisotopic (exact) mass is 227 g/mol. The molecule has 1 rings (SSSR count). The molecular weight excluding hydrogens is 206 g/mol. The number of aryl methyl sites for hydroxylation is 1. The first kappa shape index (κ1) is 12.6. The molecule has 0 radical (unpaired) electrons. The lowest BCUT2D eigenvalue weighted by molar-refractivity contribution is 0.211. The molecule has 2 N–H and O–H groups in total. The molecule has 0 aromatic carbocycles. The van der Waals surface area contributed by atoms with Crippen molar-refractivity contribution in [2.45, 2.75) is 27.3 Å². The van der Waals surface area contributed by atoms with Crippen LogP contribution in [-0.4, -0.2) is 30.0 Å². The van der Waals surface area contributed by atoms with E-state index in [4.69, 9.17) is 5.73 Å². The highest BCUT2D eigenvalue weighted by atomic mass is 32.1. The maximum absolute atomic E-state index is 5.72. The molecule has 0 aliphatic rings. The zero-order valence-electron chi connectivity index (χ0n) is 10.1. The molecule has 0 fully saturated rings. The van der Waals surface area contributed by atoms with Crippen LogP contribution in [0.3, 0.4) is 0 Å². The molecule has 0 unspecified atom stereocenters. The molecule has 0 spiro atoms. The van der Waals surface area contributed by atoms with E-state index < -0.39 is 0 Å². The van der Waals surface area contributed by atoms with E-state index in [0.29, 0.717) is 0 Å². The van der Waals surface area contributed by atoms with Crippen LogP contribution in [0.2, 0.25) is 0 Å². The summed E-state index contributed by atoms with van der Waals surface area (Å²) in [6, 6.07) is 0. The first-order valence-electron chi connectivity index (χ1n) is 5.23. The lowest BCUT2D eigenvalue weighted by Gasteiger charge is -2.28. The second-order valence-electron chi connectivity index (χ2n) is 4.89. The SMILES string of the molecule is Cc1ncc(CN(C)CC(C)(C)CN)s1. The molecule has 0 saturated heterocycles. The van der Waals surface area contributed by atoms with E-state index >= 15 is 0 Å². The zero-order valence-corrected chi connectivity index (χ0v) is 10.9. The van der Waals surface area contributed by atoms with Crippen LogP contribution in [-0.2, 0) is 6.54 Å². The van der Waals surface area contributed by atoms with Gasteiger partial charge in [-0.25, -0.2) is 4.98 Å². The second kappa shape index (κ2) is 5.05. The third kappa shape index (κ3) is 4.28. The smallest absolute Gasteiger partial charge is 0.0897 e. The molecule has 0 aliphatic carbocycles. The summed E-state index contributed by atoms with van der Waals surface area (Å²) in [6.45, 7) is 9.13. The topological polar surface area (TPSA) is 42.2 Å². The van der Waals surface area contributed by atoms with Crippen LogP contribution in [0, 0.1) is 12.3 Å². The summed E-state index contributed by atoms with van der Waals surface area (Å²) in [5, 5.41) is 1.14. The van der Waals surface area contributed by atoms with Gasteiger partial charge in [0.2, 0.25) is 0 Å². The Morgan fingerprint density at radius 1 is 1.53 bits per heavy atom. The van der Waals surface area contributed by atoms with Crippen LogP contribution in [0.25, 0.3) is 0 Å². The molecule has 1 aromatic rings. The summed E-state index contributed by atoms with van der Waals surface area (Å²) in [5.41, 5.74) is 5.90. The molecule has 0 aliphatic heterocycles. The third-order valence-electron chi connectivity index (χ3n) is 2.35. The predicted molar refractivity (Wildman–Crippen MR) is 66.0 cm³/mol. The van der Waals surface area contributed by atoms with Crippen LogP contribution in [0.1, 0.15) is 23.7 Å². The Labute approximate surface area is 96.3 Å². The van der Waals surface area contributed by atoms with Crippen molar-refractivity contribution in [1.29, 1.82) is 0 Å². The Balaban J connectivity index is 2.46. The summed E-state index contributed by atoms with van der Waals surface area (Å²) in [5.74, 6) is 0. The molecule has 1 heterocycles. The van der Waals surface area contributed by atoms with Crippen molar-refractivity contribution in [3.8, 4) is 0 Å². The lowest BCUT2D eigenvalue weighted by atomic mass is 9.93. The highest BCUT2D eigenvalue weighted by Gasteiger charge is 2.18. The van der Waals surface area contributed by atoms with Gasteiger partial charge in [0, 0.05) is 24.2 Å². The van der Waals surface area contributed by atoms with Gasteiger partial charge in [-0.05, 0) is 25.9 Å². The van der Waals surface area contributed by atoms with Gasteiger partial charge in [0.05, 0.1) is 5.01 Å². The summed E-state index contributed by atoms with van der Waals surface area (Å²) in [6.07, 6.45) is 1.96. The molecule has 0 bridgehead atoms. The molecule has 0 atom stereocenters. The maximum atomic E-state index is 5.72. The quantitative estimate of drug-likeness (QED) is 0.835. The summed E-state index contributed by atoms with van der Waals surface area (Å²) < 4.78 is 0. The fraction of sp³-hybridized carbons (Fsp3) is 0.727. The molecule has 86 valence electrons. The van der Waals surface area contributed by atoms with Gasteiger partial charge in [-0.3, -0.25) is 0 Å². The van der Waals surface area contributed by atoms with Gasteiger partial charge in [-0.2, -0.15) is 0 Å². The number of nitrogens with zero attached hydrogens (tertiary/aromatic N) is 2. The first-order chi connectivity index (χ1) is 6.93. The molecule has 15 heavy (non-hydrogen) atoms. The second-order valence-corrected chi connectivity index (χ2v) is 6.21. The molecule has 0 saturated carbocycles. The van der Waals surface area contributed by atoms with Crippen molar-refractivity contribution >= 4 is 11.3 Å². The first-order valence-corrected chi connectivity index (χ1v) is 6.04. The maximum Gasteiger partial charge on any atom is 0.0897 e. The van der Waals surface area contributed by atoms with Crippen molar-refractivity contribution in [3.05, 3.63) is 16.1 Å². The van der Waals surface area contributed by atoms with Gasteiger partial charge < -0.3 is 10.6 Å². The summed E-state index contributed by atoms with van der Waals surface area (Å²) >= 11 is 1.77. The largest absolute Gasteiger partial charge is 0.330 e. The molecule has 4 heteroatoms. The molecule has 0 amide bonds. The number of hydrogen-bond donors (Lipinski definition) is 1. The van der Waals surface area contributed by atoms with Gasteiger partial charge in [0.1, 0.15) is 0 Å².